The van der Waals surface area contributed by atoms with Gasteiger partial charge in [0.15, 0.2) is 5.11 Å². The summed E-state index contributed by atoms with van der Waals surface area (Å²) >= 11 is 5.04. The molecule has 4 N–H and O–H groups in total. The van der Waals surface area contributed by atoms with Crippen LogP contribution in [0.5, 0.6) is 5.75 Å². The van der Waals surface area contributed by atoms with Crippen molar-refractivity contribution in [3.8, 4) is 5.75 Å². The van der Waals surface area contributed by atoms with Crippen LogP contribution in [0.1, 0.15) is 47.9 Å². The fourth-order valence-electron chi connectivity index (χ4n) is 2.55. The van der Waals surface area contributed by atoms with E-state index in [-0.39, 0.29) is 16.9 Å². The lowest BCUT2D eigenvalue weighted by Gasteiger charge is -2.12. The van der Waals surface area contributed by atoms with Gasteiger partial charge in [-0.3, -0.25) is 30.6 Å². The summed E-state index contributed by atoms with van der Waals surface area (Å²) in [6, 6.07) is 13.0. The maximum atomic E-state index is 12.2. The molecule has 0 unspecified atom stereocenters. The largest absolute Gasteiger partial charge is 0.494 e. The minimum atomic E-state index is -0.447. The van der Waals surface area contributed by atoms with E-state index in [1.165, 1.54) is 0 Å². The Morgan fingerprint density at radius 1 is 0.903 bits per heavy atom. The average Bonchev–Trinajstić information content (AvgIpc) is 2.72. The van der Waals surface area contributed by atoms with Crippen molar-refractivity contribution in [2.24, 2.45) is 5.92 Å². The molecule has 0 aliphatic heterocycles. The summed E-state index contributed by atoms with van der Waals surface area (Å²) in [6.07, 6.45) is 0.423. The van der Waals surface area contributed by atoms with Crippen LogP contribution in [-0.2, 0) is 4.79 Å². The fourth-order valence-corrected chi connectivity index (χ4v) is 2.69. The van der Waals surface area contributed by atoms with E-state index in [2.05, 4.69) is 21.5 Å². The molecule has 0 aromatic heterocycles. The molecule has 0 heterocycles. The van der Waals surface area contributed by atoms with Crippen molar-refractivity contribution < 1.29 is 19.1 Å². The highest BCUT2D eigenvalue weighted by Crippen LogP contribution is 2.12. The Balaban J connectivity index is 1.81. The molecule has 0 saturated heterocycles. The minimum absolute atomic E-state index is 0.0511. The van der Waals surface area contributed by atoms with Crippen molar-refractivity contribution in [1.82, 2.24) is 16.2 Å². The molecule has 31 heavy (non-hydrogen) atoms. The van der Waals surface area contributed by atoms with E-state index in [0.29, 0.717) is 35.6 Å². The van der Waals surface area contributed by atoms with Crippen molar-refractivity contribution in [1.29, 1.82) is 0 Å². The Hall–Kier alpha value is -3.46. The number of ether oxygens (including phenoxy) is 1. The number of hydrogen-bond donors (Lipinski definition) is 4. The van der Waals surface area contributed by atoms with Gasteiger partial charge in [-0.1, -0.05) is 13.8 Å². The Morgan fingerprint density at radius 2 is 1.48 bits per heavy atom. The highest BCUT2D eigenvalue weighted by atomic mass is 32.1. The quantitative estimate of drug-likeness (QED) is 0.388. The van der Waals surface area contributed by atoms with Crippen LogP contribution in [0.3, 0.4) is 0 Å². The van der Waals surface area contributed by atoms with Crippen molar-refractivity contribution in [3.63, 3.8) is 0 Å². The van der Waals surface area contributed by atoms with Crippen LogP contribution < -0.4 is 26.2 Å². The first-order valence-electron chi connectivity index (χ1n) is 9.83. The monoisotopic (exact) mass is 442 g/mol. The first-order chi connectivity index (χ1) is 14.8. The molecule has 3 amide bonds. The van der Waals surface area contributed by atoms with E-state index >= 15 is 0 Å². The van der Waals surface area contributed by atoms with Crippen LogP contribution >= 0.6 is 12.2 Å². The number of thiocarbonyl (C=S) groups is 1. The van der Waals surface area contributed by atoms with Crippen molar-refractivity contribution in [3.05, 3.63) is 59.7 Å². The third-order valence-electron chi connectivity index (χ3n) is 3.97. The molecule has 0 aliphatic carbocycles. The highest BCUT2D eigenvalue weighted by Gasteiger charge is 2.11. The number of anilines is 1. The lowest BCUT2D eigenvalue weighted by molar-refractivity contribution is -0.116. The second-order valence-electron chi connectivity index (χ2n) is 7.04. The maximum absolute atomic E-state index is 12.2. The molecule has 0 bridgehead atoms. The predicted octanol–water partition coefficient (Wildman–Crippen LogP) is 3.02. The van der Waals surface area contributed by atoms with Crippen molar-refractivity contribution in [2.45, 2.75) is 27.2 Å². The number of carbonyl (C=O) groups is 3. The molecular formula is C22H26N4O4S. The van der Waals surface area contributed by atoms with Gasteiger partial charge in [0.2, 0.25) is 5.91 Å². The predicted molar refractivity (Wildman–Crippen MR) is 123 cm³/mol. The van der Waals surface area contributed by atoms with Gasteiger partial charge < -0.3 is 10.1 Å². The number of rotatable bonds is 7. The van der Waals surface area contributed by atoms with Gasteiger partial charge in [-0.15, -0.1) is 0 Å². The molecule has 0 atom stereocenters. The first kappa shape index (κ1) is 23.8. The number of benzene rings is 2. The number of hydrazine groups is 1. The zero-order valence-electron chi connectivity index (χ0n) is 17.7. The van der Waals surface area contributed by atoms with Crippen LogP contribution in [0, 0.1) is 5.92 Å². The molecule has 0 aliphatic rings. The summed E-state index contributed by atoms with van der Waals surface area (Å²) in [5.74, 6) is -0.0242. The lowest BCUT2D eigenvalue weighted by Crippen LogP contribution is -2.48. The third kappa shape index (κ3) is 8.06. The maximum Gasteiger partial charge on any atom is 0.269 e. The summed E-state index contributed by atoms with van der Waals surface area (Å²) in [5.41, 5.74) is 6.26. The molecule has 2 aromatic rings. The molecule has 2 aromatic carbocycles. The summed E-state index contributed by atoms with van der Waals surface area (Å²) in [6.45, 7) is 6.34. The van der Waals surface area contributed by atoms with Crippen LogP contribution in [0.25, 0.3) is 0 Å². The molecule has 9 heteroatoms. The van der Waals surface area contributed by atoms with E-state index in [1.54, 1.807) is 48.5 Å². The normalized spacial score (nSPS) is 10.2. The van der Waals surface area contributed by atoms with Gasteiger partial charge in [-0.05, 0) is 73.6 Å². The second kappa shape index (κ2) is 11.7. The summed E-state index contributed by atoms with van der Waals surface area (Å²) in [7, 11) is 0. The Labute approximate surface area is 186 Å². The second-order valence-corrected chi connectivity index (χ2v) is 7.45. The van der Waals surface area contributed by atoms with Gasteiger partial charge >= 0.3 is 0 Å². The van der Waals surface area contributed by atoms with E-state index in [4.69, 9.17) is 17.0 Å². The average molecular weight is 443 g/mol. The summed E-state index contributed by atoms with van der Waals surface area (Å²) < 4.78 is 5.33. The Morgan fingerprint density at radius 3 is 2.06 bits per heavy atom. The molecule has 164 valence electrons. The molecule has 0 fully saturated rings. The van der Waals surface area contributed by atoms with Crippen LogP contribution in [0.2, 0.25) is 0 Å². The van der Waals surface area contributed by atoms with Gasteiger partial charge in [0.05, 0.1) is 6.61 Å². The van der Waals surface area contributed by atoms with E-state index in [9.17, 15) is 14.4 Å². The lowest BCUT2D eigenvalue weighted by atomic mass is 10.1. The SMILES string of the molecule is CCOc1ccc(C(=O)NC(=S)NNC(=O)c2ccc(NC(=O)CC(C)C)cc2)cc1. The first-order valence-corrected chi connectivity index (χ1v) is 10.2. The van der Waals surface area contributed by atoms with Crippen LogP contribution in [0.4, 0.5) is 5.69 Å². The van der Waals surface area contributed by atoms with Crippen LogP contribution in [-0.4, -0.2) is 29.4 Å². The van der Waals surface area contributed by atoms with E-state index < -0.39 is 11.8 Å². The molecule has 2 rings (SSSR count). The molecule has 0 spiro atoms. The summed E-state index contributed by atoms with van der Waals surface area (Å²) in [4.78, 5) is 36.2. The standard InChI is InChI=1S/C22H26N4O4S/c1-4-30-18-11-7-15(8-12-18)20(28)24-22(31)26-25-21(29)16-5-9-17(10-6-16)23-19(27)13-14(2)3/h5-12,14H,4,13H2,1-3H3,(H,23,27)(H,25,29)(H2,24,26,28,31). The summed E-state index contributed by atoms with van der Waals surface area (Å²) in [5, 5.41) is 5.20. The van der Waals surface area contributed by atoms with Crippen molar-refractivity contribution >= 4 is 40.7 Å². The fraction of sp³-hybridized carbons (Fsp3) is 0.273. The number of hydrogen-bond acceptors (Lipinski definition) is 5. The minimum Gasteiger partial charge on any atom is -0.494 e. The van der Waals surface area contributed by atoms with Crippen LogP contribution in [0.15, 0.2) is 48.5 Å². The zero-order chi connectivity index (χ0) is 22.8. The van der Waals surface area contributed by atoms with E-state index in [0.717, 1.165) is 0 Å². The highest BCUT2D eigenvalue weighted by molar-refractivity contribution is 7.80. The van der Waals surface area contributed by atoms with Gasteiger partial charge in [-0.2, -0.15) is 0 Å². The van der Waals surface area contributed by atoms with Crippen molar-refractivity contribution in [2.75, 3.05) is 11.9 Å². The molecular weight excluding hydrogens is 416 g/mol. The van der Waals surface area contributed by atoms with Gasteiger partial charge in [0.25, 0.3) is 11.8 Å². The molecule has 0 radical (unpaired) electrons. The Kier molecular flexibility index (Phi) is 8.95. The topological polar surface area (TPSA) is 109 Å². The smallest absolute Gasteiger partial charge is 0.269 e. The third-order valence-corrected chi connectivity index (χ3v) is 4.17. The Bertz CT molecular complexity index is 928. The van der Waals surface area contributed by atoms with Gasteiger partial charge in [0, 0.05) is 23.2 Å². The number of amides is 3. The number of nitrogens with one attached hydrogen (secondary N) is 4. The van der Waals surface area contributed by atoms with E-state index in [1.807, 2.05) is 20.8 Å². The van der Waals surface area contributed by atoms with Gasteiger partial charge in [-0.25, -0.2) is 0 Å². The number of carbonyl (C=O) groups excluding carboxylic acids is 3. The molecule has 0 saturated carbocycles. The van der Waals surface area contributed by atoms with Gasteiger partial charge in [0.1, 0.15) is 5.75 Å². The zero-order valence-corrected chi connectivity index (χ0v) is 18.5. The molecule has 8 nitrogen and oxygen atoms in total.